The molecule has 160 valence electrons. The average Bonchev–Trinajstić information content (AvgIpc) is 3.65. The van der Waals surface area contributed by atoms with E-state index in [0.717, 1.165) is 5.56 Å². The summed E-state index contributed by atoms with van der Waals surface area (Å²) in [7, 11) is -2.02. The van der Waals surface area contributed by atoms with Crippen molar-refractivity contribution in [1.82, 2.24) is 10.1 Å². The molecule has 0 bridgehead atoms. The number of benzene rings is 1. The van der Waals surface area contributed by atoms with Crippen LogP contribution in [0.4, 0.5) is 17.2 Å². The molecule has 1 aromatic carbocycles. The lowest BCUT2D eigenvalue weighted by molar-refractivity contribution is -0.119. The van der Waals surface area contributed by atoms with Crippen molar-refractivity contribution in [3.05, 3.63) is 35.0 Å². The lowest BCUT2D eigenvalue weighted by Crippen LogP contribution is -2.28. The second-order valence-electron chi connectivity index (χ2n) is 8.15. The first-order chi connectivity index (χ1) is 14.8. The third-order valence-corrected chi connectivity index (χ3v) is 8.25. The smallest absolute Gasteiger partial charge is 0.242 e. The van der Waals surface area contributed by atoms with Crippen LogP contribution in [-0.2, 0) is 20.2 Å². The number of hydrogen-bond donors (Lipinski definition) is 1. The van der Waals surface area contributed by atoms with Crippen LogP contribution in [-0.4, -0.2) is 36.8 Å². The fourth-order valence-corrected chi connectivity index (χ4v) is 5.78. The van der Waals surface area contributed by atoms with E-state index < -0.39 is 15.4 Å². The number of nitrogens with one attached hydrogen (secondary N) is 1. The van der Waals surface area contributed by atoms with Crippen LogP contribution in [0.3, 0.4) is 0 Å². The minimum absolute atomic E-state index is 0.0637. The van der Waals surface area contributed by atoms with Crippen molar-refractivity contribution in [2.24, 2.45) is 0 Å². The van der Waals surface area contributed by atoms with E-state index in [2.05, 4.69) is 14.9 Å². The molecule has 1 spiro atoms. The van der Waals surface area contributed by atoms with Crippen molar-refractivity contribution in [3.63, 3.8) is 0 Å². The van der Waals surface area contributed by atoms with Gasteiger partial charge in [-0.15, -0.1) is 0 Å². The van der Waals surface area contributed by atoms with E-state index in [9.17, 15) is 13.2 Å². The second-order valence-corrected chi connectivity index (χ2v) is 10.5. The molecule has 31 heavy (non-hydrogen) atoms. The molecule has 2 aromatic heterocycles. The van der Waals surface area contributed by atoms with Gasteiger partial charge in [0.05, 0.1) is 40.7 Å². The fourth-order valence-electron chi connectivity index (χ4n) is 4.20. The first-order valence-electron chi connectivity index (χ1n) is 9.84. The van der Waals surface area contributed by atoms with E-state index in [-0.39, 0.29) is 22.9 Å². The van der Waals surface area contributed by atoms with Crippen molar-refractivity contribution in [2.45, 2.75) is 36.3 Å². The van der Waals surface area contributed by atoms with Gasteiger partial charge in [-0.1, -0.05) is 16.8 Å². The van der Waals surface area contributed by atoms with Crippen LogP contribution in [0.25, 0.3) is 11.0 Å². The molecule has 1 aliphatic heterocycles. The Balaban J connectivity index is 1.48. The van der Waals surface area contributed by atoms with Crippen molar-refractivity contribution in [2.75, 3.05) is 16.7 Å². The Morgan fingerprint density at radius 2 is 2.06 bits per heavy atom. The first-order valence-corrected chi connectivity index (χ1v) is 11.8. The lowest BCUT2D eigenvalue weighted by atomic mass is 9.96. The van der Waals surface area contributed by atoms with Gasteiger partial charge in [0, 0.05) is 6.07 Å². The zero-order chi connectivity index (χ0) is 21.5. The summed E-state index contributed by atoms with van der Waals surface area (Å²) < 4.78 is 37.8. The predicted molar refractivity (Wildman–Crippen MR) is 113 cm³/mol. The molecule has 3 aromatic rings. The van der Waals surface area contributed by atoms with Crippen LogP contribution in [0.1, 0.15) is 31.2 Å². The maximum Gasteiger partial charge on any atom is 0.242 e. The number of methoxy groups -OCH3 is 1. The minimum atomic E-state index is -3.49. The van der Waals surface area contributed by atoms with E-state index in [1.54, 1.807) is 17.0 Å². The van der Waals surface area contributed by atoms with Crippen LogP contribution >= 0.6 is 11.6 Å². The number of amides is 1. The van der Waals surface area contributed by atoms with Crippen molar-refractivity contribution in [1.29, 1.82) is 0 Å². The molecule has 2 fully saturated rings. The zero-order valence-corrected chi connectivity index (χ0v) is 18.0. The highest BCUT2D eigenvalue weighted by Crippen LogP contribution is 2.60. The molecule has 11 heteroatoms. The number of pyridine rings is 1. The molecule has 2 saturated carbocycles. The monoisotopic (exact) mass is 460 g/mol. The third kappa shape index (κ3) is 2.67. The number of anilines is 3. The van der Waals surface area contributed by atoms with Gasteiger partial charge in [-0.05, 0) is 43.4 Å². The summed E-state index contributed by atoms with van der Waals surface area (Å²) in [6, 6.07) is 5.17. The number of aromatic nitrogens is 2. The zero-order valence-electron chi connectivity index (χ0n) is 16.4. The van der Waals surface area contributed by atoms with Crippen molar-refractivity contribution >= 4 is 55.7 Å². The molecular weight excluding hydrogens is 444 g/mol. The molecule has 0 radical (unpaired) electrons. The standard InChI is InChI=1S/C20H17ClN4O5S/c1-29-18-14(21)6-10(9-22-18)25-15-8-16-12(7-13(15)20(4-5-20)19(25)26)17(23-30-16)24-31(27,28)11-2-3-11/h6-9,11H,2-5H2,1H3,(H,23,24). The Labute approximate surface area is 182 Å². The molecule has 0 saturated heterocycles. The summed E-state index contributed by atoms with van der Waals surface area (Å²) in [5.41, 5.74) is 1.77. The second kappa shape index (κ2) is 6.10. The van der Waals surface area contributed by atoms with Gasteiger partial charge >= 0.3 is 0 Å². The predicted octanol–water partition coefficient (Wildman–Crippen LogP) is 3.50. The molecule has 0 unspecified atom stereocenters. The van der Waals surface area contributed by atoms with Gasteiger partial charge in [0.1, 0.15) is 5.02 Å². The molecule has 1 amide bonds. The van der Waals surface area contributed by atoms with Gasteiger partial charge in [-0.3, -0.25) is 14.4 Å². The third-order valence-electron chi connectivity index (χ3n) is 6.15. The molecule has 6 rings (SSSR count). The van der Waals surface area contributed by atoms with Gasteiger partial charge < -0.3 is 9.26 Å². The van der Waals surface area contributed by atoms with E-state index in [0.29, 0.717) is 53.0 Å². The number of rotatable bonds is 5. The lowest BCUT2D eigenvalue weighted by Gasteiger charge is -2.18. The van der Waals surface area contributed by atoms with Crippen LogP contribution in [0.15, 0.2) is 28.9 Å². The normalized spacial score (nSPS) is 19.2. The summed E-state index contributed by atoms with van der Waals surface area (Å²) in [6.07, 6.45) is 4.25. The molecule has 9 nitrogen and oxygen atoms in total. The number of nitrogens with zero attached hydrogens (tertiary/aromatic N) is 3. The highest BCUT2D eigenvalue weighted by Gasteiger charge is 2.60. The largest absolute Gasteiger partial charge is 0.480 e. The number of ether oxygens (including phenoxy) is 1. The highest BCUT2D eigenvalue weighted by atomic mass is 35.5. The van der Waals surface area contributed by atoms with Gasteiger partial charge in [0.2, 0.25) is 21.8 Å². The number of carbonyl (C=O) groups excluding carboxylic acids is 1. The van der Waals surface area contributed by atoms with Crippen molar-refractivity contribution in [3.8, 4) is 5.88 Å². The molecule has 3 aliphatic rings. The molecule has 0 atom stereocenters. The number of hydrogen-bond acceptors (Lipinski definition) is 7. The Morgan fingerprint density at radius 3 is 2.71 bits per heavy atom. The molecule has 3 heterocycles. The van der Waals surface area contributed by atoms with Crippen molar-refractivity contribution < 1.29 is 22.5 Å². The van der Waals surface area contributed by atoms with Gasteiger partial charge in [0.15, 0.2) is 11.4 Å². The first kappa shape index (κ1) is 18.9. The van der Waals surface area contributed by atoms with Crippen LogP contribution in [0.5, 0.6) is 5.88 Å². The van der Waals surface area contributed by atoms with E-state index in [1.807, 2.05) is 6.07 Å². The summed E-state index contributed by atoms with van der Waals surface area (Å²) in [6.45, 7) is 0. The number of halogens is 1. The van der Waals surface area contributed by atoms with E-state index in [4.69, 9.17) is 20.9 Å². The van der Waals surface area contributed by atoms with Gasteiger partial charge in [-0.2, -0.15) is 0 Å². The van der Waals surface area contributed by atoms with E-state index in [1.165, 1.54) is 13.3 Å². The Morgan fingerprint density at radius 1 is 1.29 bits per heavy atom. The maximum absolute atomic E-state index is 13.4. The van der Waals surface area contributed by atoms with Gasteiger partial charge in [0.25, 0.3) is 0 Å². The minimum Gasteiger partial charge on any atom is -0.480 e. The number of carbonyl (C=O) groups is 1. The Hall–Kier alpha value is -2.85. The molecular formula is C20H17ClN4O5S. The summed E-state index contributed by atoms with van der Waals surface area (Å²) in [5.74, 6) is 0.364. The number of fused-ring (bicyclic) bond motifs is 3. The topological polar surface area (TPSA) is 115 Å². The molecule has 1 N–H and O–H groups in total. The summed E-state index contributed by atoms with van der Waals surface area (Å²) >= 11 is 6.24. The van der Waals surface area contributed by atoms with E-state index >= 15 is 0 Å². The number of sulfonamides is 1. The Bertz CT molecular complexity index is 1380. The van der Waals surface area contributed by atoms with Crippen LogP contribution in [0.2, 0.25) is 5.02 Å². The Kier molecular flexibility index (Phi) is 3.72. The van der Waals surface area contributed by atoms with Crippen LogP contribution in [0, 0.1) is 0 Å². The maximum atomic E-state index is 13.4. The SMILES string of the molecule is COc1ncc(N2C(=O)C3(CC3)c3cc4c(NS(=O)(=O)C5CC5)noc4cc32)cc1Cl. The molecule has 2 aliphatic carbocycles. The highest BCUT2D eigenvalue weighted by molar-refractivity contribution is 7.93. The van der Waals surface area contributed by atoms with Gasteiger partial charge in [-0.25, -0.2) is 13.4 Å². The summed E-state index contributed by atoms with van der Waals surface area (Å²) in [4.78, 5) is 19.2. The average molecular weight is 461 g/mol. The quantitative estimate of drug-likeness (QED) is 0.619. The summed E-state index contributed by atoms with van der Waals surface area (Å²) in [5, 5.41) is 4.38. The van der Waals surface area contributed by atoms with Crippen LogP contribution < -0.4 is 14.4 Å². The fraction of sp³-hybridized carbons (Fsp3) is 0.350.